The average molecular weight is 315 g/mol. The molecule has 0 unspecified atom stereocenters. The number of ether oxygens (including phenoxy) is 3. The second kappa shape index (κ2) is 7.54. The number of carbonyl (C=O) groups excluding carboxylic acids is 1. The van der Waals surface area contributed by atoms with Gasteiger partial charge in [0.1, 0.15) is 17.2 Å². The summed E-state index contributed by atoms with van der Waals surface area (Å²) in [5, 5.41) is 2.77. The van der Waals surface area contributed by atoms with Gasteiger partial charge in [0.15, 0.2) is 6.61 Å². The first-order chi connectivity index (χ1) is 11.0. The largest absolute Gasteiger partial charge is 0.497 e. The first-order valence-corrected chi connectivity index (χ1v) is 7.25. The zero-order chi connectivity index (χ0) is 16.8. The number of hydrogen-bond acceptors (Lipinski definition) is 4. The summed E-state index contributed by atoms with van der Waals surface area (Å²) < 4.78 is 16.0. The van der Waals surface area contributed by atoms with Crippen molar-refractivity contribution in [3.8, 4) is 17.2 Å². The summed E-state index contributed by atoms with van der Waals surface area (Å²) in [6.45, 7) is 3.84. The van der Waals surface area contributed by atoms with Crippen molar-refractivity contribution >= 4 is 11.6 Å². The van der Waals surface area contributed by atoms with Gasteiger partial charge in [-0.1, -0.05) is 12.1 Å². The number of amides is 1. The van der Waals surface area contributed by atoms with E-state index in [2.05, 4.69) is 5.32 Å². The van der Waals surface area contributed by atoms with Crippen LogP contribution < -0.4 is 19.5 Å². The van der Waals surface area contributed by atoms with Crippen LogP contribution in [0.25, 0.3) is 0 Å². The Hall–Kier alpha value is -2.69. The number of nitrogens with one attached hydrogen (secondary N) is 1. The van der Waals surface area contributed by atoms with Gasteiger partial charge in [-0.25, -0.2) is 0 Å². The molecule has 0 aliphatic heterocycles. The number of aryl methyl sites for hydroxylation is 2. The minimum atomic E-state index is -0.266. The van der Waals surface area contributed by atoms with Crippen LogP contribution in [0.1, 0.15) is 11.1 Å². The Morgan fingerprint density at radius 1 is 1.00 bits per heavy atom. The molecular formula is C18H21NO4. The molecule has 2 aromatic carbocycles. The van der Waals surface area contributed by atoms with Gasteiger partial charge in [-0.2, -0.15) is 0 Å². The molecule has 1 N–H and O–H groups in total. The Labute approximate surface area is 136 Å². The summed E-state index contributed by atoms with van der Waals surface area (Å²) in [6, 6.07) is 11.1. The number of methoxy groups -OCH3 is 2. The highest BCUT2D eigenvalue weighted by Gasteiger charge is 2.10. The monoisotopic (exact) mass is 315 g/mol. The first kappa shape index (κ1) is 16.7. The molecule has 0 saturated carbocycles. The highest BCUT2D eigenvalue weighted by atomic mass is 16.5. The van der Waals surface area contributed by atoms with Crippen molar-refractivity contribution in [3.05, 3.63) is 47.5 Å². The smallest absolute Gasteiger partial charge is 0.262 e. The van der Waals surface area contributed by atoms with E-state index in [1.54, 1.807) is 32.4 Å². The van der Waals surface area contributed by atoms with Crippen LogP contribution in [0.15, 0.2) is 36.4 Å². The molecule has 23 heavy (non-hydrogen) atoms. The third-order valence-corrected chi connectivity index (χ3v) is 3.38. The molecule has 0 spiro atoms. The Bertz CT molecular complexity index is 697. The van der Waals surface area contributed by atoms with Gasteiger partial charge in [0.2, 0.25) is 0 Å². The van der Waals surface area contributed by atoms with Crippen molar-refractivity contribution in [2.75, 3.05) is 26.1 Å². The summed E-state index contributed by atoms with van der Waals surface area (Å²) in [7, 11) is 3.11. The van der Waals surface area contributed by atoms with Crippen LogP contribution >= 0.6 is 0 Å². The lowest BCUT2D eigenvalue weighted by molar-refractivity contribution is -0.118. The summed E-state index contributed by atoms with van der Waals surface area (Å²) in [6.07, 6.45) is 0. The van der Waals surface area contributed by atoms with E-state index < -0.39 is 0 Å². The van der Waals surface area contributed by atoms with Crippen LogP contribution in [-0.4, -0.2) is 26.7 Å². The molecular weight excluding hydrogens is 294 g/mol. The lowest BCUT2D eigenvalue weighted by atomic mass is 10.1. The van der Waals surface area contributed by atoms with Crippen LogP contribution in [-0.2, 0) is 4.79 Å². The molecule has 1 amide bonds. The Morgan fingerprint density at radius 2 is 1.78 bits per heavy atom. The van der Waals surface area contributed by atoms with Gasteiger partial charge in [0, 0.05) is 6.07 Å². The predicted molar refractivity (Wildman–Crippen MR) is 89.6 cm³/mol. The van der Waals surface area contributed by atoms with Crippen LogP contribution in [0, 0.1) is 13.8 Å². The normalized spacial score (nSPS) is 10.1. The number of hydrogen-bond donors (Lipinski definition) is 1. The molecule has 0 atom stereocenters. The van der Waals surface area contributed by atoms with Crippen molar-refractivity contribution in [3.63, 3.8) is 0 Å². The minimum Gasteiger partial charge on any atom is -0.497 e. The lowest BCUT2D eigenvalue weighted by Crippen LogP contribution is -2.20. The SMILES string of the molecule is COc1ccc(OC)c(NC(=O)COc2cc(C)ccc2C)c1. The van der Waals surface area contributed by atoms with E-state index in [9.17, 15) is 4.79 Å². The maximum absolute atomic E-state index is 12.1. The molecule has 5 nitrogen and oxygen atoms in total. The summed E-state index contributed by atoms with van der Waals surface area (Å²) in [5.41, 5.74) is 2.62. The number of anilines is 1. The molecule has 0 heterocycles. The fraction of sp³-hybridized carbons (Fsp3) is 0.278. The highest BCUT2D eigenvalue weighted by molar-refractivity contribution is 5.93. The molecule has 0 fully saturated rings. The Morgan fingerprint density at radius 3 is 2.48 bits per heavy atom. The fourth-order valence-electron chi connectivity index (χ4n) is 2.10. The van der Waals surface area contributed by atoms with E-state index in [1.807, 2.05) is 32.0 Å². The lowest BCUT2D eigenvalue weighted by Gasteiger charge is -2.13. The molecule has 0 aliphatic rings. The van der Waals surface area contributed by atoms with Gasteiger partial charge in [-0.3, -0.25) is 4.79 Å². The molecule has 2 rings (SSSR count). The standard InChI is InChI=1S/C18H21NO4/c1-12-5-6-13(2)17(9-12)23-11-18(20)19-15-10-14(21-3)7-8-16(15)22-4/h5-10H,11H2,1-4H3,(H,19,20). The van der Waals surface area contributed by atoms with Crippen LogP contribution in [0.2, 0.25) is 0 Å². The van der Waals surface area contributed by atoms with Crippen LogP contribution in [0.5, 0.6) is 17.2 Å². The van der Waals surface area contributed by atoms with Crippen LogP contribution in [0.3, 0.4) is 0 Å². The van der Waals surface area contributed by atoms with Gasteiger partial charge in [-0.05, 0) is 43.2 Å². The Balaban J connectivity index is 2.03. The maximum atomic E-state index is 12.1. The maximum Gasteiger partial charge on any atom is 0.262 e. The zero-order valence-corrected chi connectivity index (χ0v) is 13.8. The molecule has 5 heteroatoms. The summed E-state index contributed by atoms with van der Waals surface area (Å²) >= 11 is 0. The summed E-state index contributed by atoms with van der Waals surface area (Å²) in [4.78, 5) is 12.1. The van der Waals surface area contributed by atoms with Crippen molar-refractivity contribution in [2.24, 2.45) is 0 Å². The highest BCUT2D eigenvalue weighted by Crippen LogP contribution is 2.28. The number of benzene rings is 2. The molecule has 0 radical (unpaired) electrons. The van der Waals surface area contributed by atoms with Gasteiger partial charge in [0.05, 0.1) is 19.9 Å². The Kier molecular flexibility index (Phi) is 5.46. The molecule has 0 saturated heterocycles. The third kappa shape index (κ3) is 4.39. The van der Waals surface area contributed by atoms with Crippen molar-refractivity contribution in [1.82, 2.24) is 0 Å². The van der Waals surface area contributed by atoms with Gasteiger partial charge < -0.3 is 19.5 Å². The second-order valence-electron chi connectivity index (χ2n) is 5.17. The topological polar surface area (TPSA) is 56.8 Å². The third-order valence-electron chi connectivity index (χ3n) is 3.38. The fourth-order valence-corrected chi connectivity index (χ4v) is 2.10. The molecule has 122 valence electrons. The number of rotatable bonds is 6. The molecule has 0 aliphatic carbocycles. The van der Waals surface area contributed by atoms with E-state index in [0.29, 0.717) is 22.9 Å². The second-order valence-corrected chi connectivity index (χ2v) is 5.17. The van der Waals surface area contributed by atoms with Crippen molar-refractivity contribution in [1.29, 1.82) is 0 Å². The first-order valence-electron chi connectivity index (χ1n) is 7.25. The number of carbonyl (C=O) groups is 1. The molecule has 0 aromatic heterocycles. The van der Waals surface area contributed by atoms with Crippen molar-refractivity contribution in [2.45, 2.75) is 13.8 Å². The van der Waals surface area contributed by atoms with Crippen LogP contribution in [0.4, 0.5) is 5.69 Å². The zero-order valence-electron chi connectivity index (χ0n) is 13.8. The predicted octanol–water partition coefficient (Wildman–Crippen LogP) is 3.34. The van der Waals surface area contributed by atoms with Gasteiger partial charge >= 0.3 is 0 Å². The quantitative estimate of drug-likeness (QED) is 0.888. The van der Waals surface area contributed by atoms with E-state index in [1.165, 1.54) is 0 Å². The van der Waals surface area contributed by atoms with Gasteiger partial charge in [0.25, 0.3) is 5.91 Å². The van der Waals surface area contributed by atoms with Crippen molar-refractivity contribution < 1.29 is 19.0 Å². The van der Waals surface area contributed by atoms with E-state index in [-0.39, 0.29) is 12.5 Å². The average Bonchev–Trinajstić information content (AvgIpc) is 2.55. The molecule has 2 aromatic rings. The van der Waals surface area contributed by atoms with E-state index >= 15 is 0 Å². The van der Waals surface area contributed by atoms with E-state index in [0.717, 1.165) is 11.1 Å². The minimum absolute atomic E-state index is 0.0787. The molecule has 0 bridgehead atoms. The summed E-state index contributed by atoms with van der Waals surface area (Å²) in [5.74, 6) is 1.64. The van der Waals surface area contributed by atoms with E-state index in [4.69, 9.17) is 14.2 Å². The van der Waals surface area contributed by atoms with Gasteiger partial charge in [-0.15, -0.1) is 0 Å².